The Labute approximate surface area is 102 Å². The number of nitrogens with one attached hydrogen (secondary N) is 1. The average Bonchev–Trinajstić information content (AvgIpc) is 3.12. The minimum atomic E-state index is 0.0140. The van der Waals surface area contributed by atoms with Crippen molar-refractivity contribution in [3.63, 3.8) is 0 Å². The first-order chi connectivity index (χ1) is 8.28. The fourth-order valence-corrected chi connectivity index (χ4v) is 1.90. The van der Waals surface area contributed by atoms with E-state index in [9.17, 15) is 0 Å². The monoisotopic (exact) mass is 236 g/mol. The van der Waals surface area contributed by atoms with E-state index in [-0.39, 0.29) is 13.2 Å². The first-order valence-corrected chi connectivity index (χ1v) is 6.24. The average molecular weight is 236 g/mol. The van der Waals surface area contributed by atoms with Crippen molar-refractivity contribution in [3.05, 3.63) is 18.3 Å². The predicted molar refractivity (Wildman–Crippen MR) is 67.2 cm³/mol. The van der Waals surface area contributed by atoms with Crippen LogP contribution in [0, 0.1) is 5.92 Å². The molecule has 1 saturated carbocycles. The van der Waals surface area contributed by atoms with Crippen LogP contribution < -0.4 is 10.1 Å². The Morgan fingerprint density at radius 3 is 2.94 bits per heavy atom. The van der Waals surface area contributed by atoms with E-state index in [0.29, 0.717) is 11.9 Å². The van der Waals surface area contributed by atoms with Gasteiger partial charge in [-0.1, -0.05) is 12.8 Å². The Bertz CT molecular complexity index is 336. The number of rotatable bonds is 7. The van der Waals surface area contributed by atoms with Crippen LogP contribution in [0.25, 0.3) is 0 Å². The summed E-state index contributed by atoms with van der Waals surface area (Å²) in [6.45, 7) is 2.51. The summed E-state index contributed by atoms with van der Waals surface area (Å²) in [5.41, 5.74) is 1.02. The van der Waals surface area contributed by atoms with Gasteiger partial charge in [0.05, 0.1) is 18.5 Å². The molecule has 0 radical (unpaired) electrons. The molecular formula is C13H20N2O2. The molecule has 1 aliphatic carbocycles. The highest BCUT2D eigenvalue weighted by Gasteiger charge is 2.23. The summed E-state index contributed by atoms with van der Waals surface area (Å²) < 4.78 is 5.20. The molecule has 1 atom stereocenters. The third-order valence-corrected chi connectivity index (χ3v) is 2.87. The van der Waals surface area contributed by atoms with E-state index in [2.05, 4.69) is 17.2 Å². The zero-order chi connectivity index (χ0) is 12.1. The van der Waals surface area contributed by atoms with Crippen LogP contribution in [0.1, 0.15) is 26.2 Å². The number of aliphatic hydroxyl groups excluding tert-OH is 1. The van der Waals surface area contributed by atoms with E-state index >= 15 is 0 Å². The molecule has 2 N–H and O–H groups in total. The summed E-state index contributed by atoms with van der Waals surface area (Å²) in [6.07, 6.45) is 5.79. The van der Waals surface area contributed by atoms with Crippen LogP contribution in [-0.4, -0.2) is 29.3 Å². The lowest BCUT2D eigenvalue weighted by Gasteiger charge is -2.14. The molecule has 17 heavy (non-hydrogen) atoms. The van der Waals surface area contributed by atoms with Crippen molar-refractivity contribution >= 4 is 5.69 Å². The first-order valence-electron chi connectivity index (χ1n) is 6.24. The van der Waals surface area contributed by atoms with Crippen LogP contribution in [0.3, 0.4) is 0 Å². The maximum Gasteiger partial charge on any atom is 0.213 e. The van der Waals surface area contributed by atoms with Crippen LogP contribution in [0.5, 0.6) is 5.88 Å². The maximum atomic E-state index is 8.63. The highest BCUT2D eigenvalue weighted by atomic mass is 16.5. The Morgan fingerprint density at radius 1 is 1.53 bits per heavy atom. The molecule has 1 aromatic rings. The summed E-state index contributed by atoms with van der Waals surface area (Å²) >= 11 is 0. The Balaban J connectivity index is 1.79. The van der Waals surface area contributed by atoms with Gasteiger partial charge in [-0.2, -0.15) is 0 Å². The van der Waals surface area contributed by atoms with Gasteiger partial charge in [0.1, 0.15) is 6.61 Å². The Morgan fingerprint density at radius 2 is 2.35 bits per heavy atom. The van der Waals surface area contributed by atoms with Crippen LogP contribution >= 0.6 is 0 Å². The number of ether oxygens (including phenoxy) is 1. The molecule has 1 heterocycles. The maximum absolute atomic E-state index is 8.63. The van der Waals surface area contributed by atoms with Crippen molar-refractivity contribution in [2.75, 3.05) is 18.5 Å². The topological polar surface area (TPSA) is 54.4 Å². The lowest BCUT2D eigenvalue weighted by Crippen LogP contribution is -2.15. The van der Waals surface area contributed by atoms with E-state index in [1.165, 1.54) is 19.3 Å². The molecule has 1 unspecified atom stereocenters. The van der Waals surface area contributed by atoms with Crippen molar-refractivity contribution in [2.24, 2.45) is 5.92 Å². The van der Waals surface area contributed by atoms with Gasteiger partial charge in [0.15, 0.2) is 0 Å². The minimum absolute atomic E-state index is 0.0140. The summed E-state index contributed by atoms with van der Waals surface area (Å²) in [6, 6.07) is 4.28. The Hall–Kier alpha value is -1.29. The number of hydrogen-bond acceptors (Lipinski definition) is 4. The fourth-order valence-electron chi connectivity index (χ4n) is 1.90. The van der Waals surface area contributed by atoms with Crippen LogP contribution in [0.4, 0.5) is 5.69 Å². The molecule has 0 spiro atoms. The highest BCUT2D eigenvalue weighted by molar-refractivity contribution is 5.42. The molecule has 0 aliphatic heterocycles. The van der Waals surface area contributed by atoms with Gasteiger partial charge in [-0.3, -0.25) is 0 Å². The third kappa shape index (κ3) is 4.23. The van der Waals surface area contributed by atoms with Gasteiger partial charge < -0.3 is 15.2 Å². The molecule has 1 aromatic heterocycles. The van der Waals surface area contributed by atoms with Gasteiger partial charge in [0.25, 0.3) is 0 Å². The van der Waals surface area contributed by atoms with Crippen molar-refractivity contribution in [1.29, 1.82) is 0 Å². The number of nitrogens with zero attached hydrogens (tertiary/aromatic N) is 1. The van der Waals surface area contributed by atoms with Crippen LogP contribution in [0.15, 0.2) is 18.3 Å². The predicted octanol–water partition coefficient (Wildman–Crippen LogP) is 2.05. The standard InChI is InChI=1S/C13H20N2O2/c1-10(8-11-2-3-11)15-12-4-5-13(14-9-12)17-7-6-16/h4-5,9-11,15-16H,2-3,6-8H2,1H3. The second kappa shape index (κ2) is 5.87. The largest absolute Gasteiger partial charge is 0.475 e. The van der Waals surface area contributed by atoms with Gasteiger partial charge in [-0.15, -0.1) is 0 Å². The second-order valence-electron chi connectivity index (χ2n) is 4.68. The van der Waals surface area contributed by atoms with Crippen LogP contribution in [-0.2, 0) is 0 Å². The quantitative estimate of drug-likeness (QED) is 0.761. The minimum Gasteiger partial charge on any atom is -0.475 e. The van der Waals surface area contributed by atoms with Gasteiger partial charge in [-0.25, -0.2) is 4.98 Å². The second-order valence-corrected chi connectivity index (χ2v) is 4.68. The molecule has 1 fully saturated rings. The number of hydrogen-bond donors (Lipinski definition) is 2. The molecule has 1 aliphatic rings. The smallest absolute Gasteiger partial charge is 0.213 e. The van der Waals surface area contributed by atoms with Gasteiger partial charge >= 0.3 is 0 Å². The molecular weight excluding hydrogens is 216 g/mol. The molecule has 4 heteroatoms. The number of anilines is 1. The van der Waals surface area contributed by atoms with Crippen molar-refractivity contribution in [3.8, 4) is 5.88 Å². The lowest BCUT2D eigenvalue weighted by molar-refractivity contribution is 0.196. The SMILES string of the molecule is CC(CC1CC1)Nc1ccc(OCCO)nc1. The van der Waals surface area contributed by atoms with E-state index in [4.69, 9.17) is 9.84 Å². The summed E-state index contributed by atoms with van der Waals surface area (Å²) in [5, 5.41) is 12.1. The number of pyridine rings is 1. The number of aromatic nitrogens is 1. The van der Waals surface area contributed by atoms with E-state index in [1.54, 1.807) is 6.20 Å². The lowest BCUT2D eigenvalue weighted by atomic mass is 10.1. The number of aliphatic hydroxyl groups is 1. The molecule has 2 rings (SSSR count). The van der Waals surface area contributed by atoms with Crippen molar-refractivity contribution in [1.82, 2.24) is 4.98 Å². The first kappa shape index (κ1) is 12.2. The van der Waals surface area contributed by atoms with Gasteiger partial charge in [-0.05, 0) is 25.3 Å². The molecule has 0 aromatic carbocycles. The third-order valence-electron chi connectivity index (χ3n) is 2.87. The van der Waals surface area contributed by atoms with Gasteiger partial charge in [0.2, 0.25) is 5.88 Å². The van der Waals surface area contributed by atoms with Crippen molar-refractivity contribution in [2.45, 2.75) is 32.2 Å². The van der Waals surface area contributed by atoms with E-state index in [1.807, 2.05) is 12.1 Å². The zero-order valence-corrected chi connectivity index (χ0v) is 10.2. The molecule has 0 bridgehead atoms. The summed E-state index contributed by atoms with van der Waals surface area (Å²) in [7, 11) is 0. The van der Waals surface area contributed by atoms with E-state index in [0.717, 1.165) is 11.6 Å². The highest BCUT2D eigenvalue weighted by Crippen LogP contribution is 2.34. The molecule has 0 amide bonds. The normalized spacial score (nSPS) is 16.6. The van der Waals surface area contributed by atoms with Gasteiger partial charge in [0, 0.05) is 12.1 Å². The Kier molecular flexibility index (Phi) is 4.20. The summed E-state index contributed by atoms with van der Waals surface area (Å²) in [4.78, 5) is 4.17. The fraction of sp³-hybridized carbons (Fsp3) is 0.615. The molecule has 4 nitrogen and oxygen atoms in total. The summed E-state index contributed by atoms with van der Waals surface area (Å²) in [5.74, 6) is 1.48. The van der Waals surface area contributed by atoms with Crippen molar-refractivity contribution < 1.29 is 9.84 Å². The molecule has 94 valence electrons. The molecule has 0 saturated heterocycles. The van der Waals surface area contributed by atoms with E-state index < -0.39 is 0 Å². The van der Waals surface area contributed by atoms with Crippen LogP contribution in [0.2, 0.25) is 0 Å². The zero-order valence-electron chi connectivity index (χ0n) is 10.2.